The van der Waals surface area contributed by atoms with Crippen molar-refractivity contribution in [1.29, 1.82) is 0 Å². The van der Waals surface area contributed by atoms with Crippen LogP contribution >= 0.6 is 0 Å². The fourth-order valence-electron chi connectivity index (χ4n) is 1.93. The predicted octanol–water partition coefficient (Wildman–Crippen LogP) is 1.45. The fraction of sp³-hybridized carbons (Fsp3) is 0.929. The Morgan fingerprint density at radius 2 is 1.48 bits per heavy atom. The van der Waals surface area contributed by atoms with Crippen molar-refractivity contribution in [1.82, 2.24) is 15.4 Å². The summed E-state index contributed by atoms with van der Waals surface area (Å²) >= 11 is 0. The van der Waals surface area contributed by atoms with Gasteiger partial charge in [-0.1, -0.05) is 45.4 Å². The molecule has 21 heavy (non-hydrogen) atoms. The quantitative estimate of drug-likeness (QED) is 0.289. The van der Waals surface area contributed by atoms with E-state index in [1.54, 1.807) is 7.05 Å². The monoisotopic (exact) mass is 320 g/mol. The van der Waals surface area contributed by atoms with E-state index in [0.29, 0.717) is 13.1 Å². The number of guanidine groups is 1. The molecule has 0 aromatic heterocycles. The third kappa shape index (κ3) is 15.4. The van der Waals surface area contributed by atoms with Crippen molar-refractivity contribution in [2.45, 2.75) is 51.9 Å². The molecule has 0 heterocycles. The van der Waals surface area contributed by atoms with Gasteiger partial charge in [-0.05, 0) is 6.42 Å². The van der Waals surface area contributed by atoms with Crippen molar-refractivity contribution in [3.63, 3.8) is 0 Å². The van der Waals surface area contributed by atoms with Crippen LogP contribution < -0.4 is 15.4 Å². The number of unbranched alkanes of at least 4 members (excludes halogenated alkanes) is 6. The molecule has 3 N–H and O–H groups in total. The van der Waals surface area contributed by atoms with Gasteiger partial charge in [0, 0.05) is 26.7 Å². The topological polar surface area (TPSA) is 82.6 Å². The van der Waals surface area contributed by atoms with E-state index in [1.807, 2.05) is 0 Å². The normalized spacial score (nSPS) is 12.4. The molecule has 0 spiro atoms. The van der Waals surface area contributed by atoms with Crippen LogP contribution in [0.4, 0.5) is 0 Å². The summed E-state index contributed by atoms with van der Waals surface area (Å²) in [7, 11) is -1.40. The summed E-state index contributed by atoms with van der Waals surface area (Å²) in [6, 6.07) is 0. The van der Waals surface area contributed by atoms with Crippen molar-refractivity contribution in [2.75, 3.05) is 32.9 Å². The van der Waals surface area contributed by atoms with Gasteiger partial charge in [-0.3, -0.25) is 4.99 Å². The van der Waals surface area contributed by atoms with Gasteiger partial charge in [-0.25, -0.2) is 13.1 Å². The molecule has 7 heteroatoms. The summed E-state index contributed by atoms with van der Waals surface area (Å²) in [5.74, 6) is 0.719. The maximum Gasteiger partial charge on any atom is 0.208 e. The molecule has 0 radical (unpaired) electrons. The van der Waals surface area contributed by atoms with Gasteiger partial charge >= 0.3 is 0 Å². The molecule has 0 aromatic rings. The molecular weight excluding hydrogens is 288 g/mol. The van der Waals surface area contributed by atoms with Crippen LogP contribution in [0.1, 0.15) is 51.9 Å². The predicted molar refractivity (Wildman–Crippen MR) is 90.2 cm³/mol. The second-order valence-electron chi connectivity index (χ2n) is 5.21. The SMILES string of the molecule is CCCCCCCCCNC(=NC)NCCNS(C)(=O)=O. The Balaban J connectivity index is 3.50. The van der Waals surface area contributed by atoms with Crippen molar-refractivity contribution < 1.29 is 8.42 Å². The maximum absolute atomic E-state index is 10.9. The van der Waals surface area contributed by atoms with E-state index in [2.05, 4.69) is 27.3 Å². The zero-order chi connectivity index (χ0) is 16.0. The summed E-state index contributed by atoms with van der Waals surface area (Å²) in [4.78, 5) is 4.10. The maximum atomic E-state index is 10.9. The van der Waals surface area contributed by atoms with Crippen LogP contribution in [0.25, 0.3) is 0 Å². The molecule has 0 aliphatic heterocycles. The highest BCUT2D eigenvalue weighted by atomic mass is 32.2. The van der Waals surface area contributed by atoms with Crippen LogP contribution in [0.2, 0.25) is 0 Å². The standard InChI is InChI=1S/C14H32N4O2S/c1-4-5-6-7-8-9-10-11-16-14(15-2)17-12-13-18-21(3,19)20/h18H,4-13H2,1-3H3,(H2,15,16,17). The lowest BCUT2D eigenvalue weighted by molar-refractivity contribution is 0.581. The Morgan fingerprint density at radius 3 is 2.05 bits per heavy atom. The van der Waals surface area contributed by atoms with Crippen LogP contribution in [-0.2, 0) is 10.0 Å². The molecule has 0 unspecified atom stereocenters. The van der Waals surface area contributed by atoms with E-state index in [0.717, 1.165) is 25.2 Å². The van der Waals surface area contributed by atoms with Gasteiger partial charge < -0.3 is 10.6 Å². The first-order valence-corrected chi connectivity index (χ1v) is 9.78. The highest BCUT2D eigenvalue weighted by Gasteiger charge is 2.00. The number of sulfonamides is 1. The number of rotatable bonds is 12. The van der Waals surface area contributed by atoms with Gasteiger partial charge in [-0.2, -0.15) is 0 Å². The Hall–Kier alpha value is -0.820. The summed E-state index contributed by atoms with van der Waals surface area (Å²) < 4.78 is 24.2. The molecule has 0 aliphatic rings. The van der Waals surface area contributed by atoms with Crippen molar-refractivity contribution in [3.05, 3.63) is 0 Å². The first-order chi connectivity index (χ1) is 9.99. The number of nitrogens with one attached hydrogen (secondary N) is 3. The first kappa shape index (κ1) is 20.2. The molecule has 0 fully saturated rings. The van der Waals surface area contributed by atoms with E-state index in [4.69, 9.17) is 0 Å². The van der Waals surface area contributed by atoms with Crippen LogP contribution in [0.5, 0.6) is 0 Å². The largest absolute Gasteiger partial charge is 0.356 e. The van der Waals surface area contributed by atoms with Crippen LogP contribution in [0.3, 0.4) is 0 Å². The molecule has 126 valence electrons. The van der Waals surface area contributed by atoms with Gasteiger partial charge in [0.05, 0.1) is 6.26 Å². The lowest BCUT2D eigenvalue weighted by Gasteiger charge is -2.11. The van der Waals surface area contributed by atoms with E-state index >= 15 is 0 Å². The van der Waals surface area contributed by atoms with Crippen LogP contribution in [0, 0.1) is 0 Å². The van der Waals surface area contributed by atoms with Gasteiger partial charge in [0.25, 0.3) is 0 Å². The molecule has 0 aliphatic carbocycles. The fourth-order valence-corrected chi connectivity index (χ4v) is 2.40. The average Bonchev–Trinajstić information content (AvgIpc) is 2.43. The van der Waals surface area contributed by atoms with Gasteiger partial charge in [0.1, 0.15) is 0 Å². The molecule has 0 rings (SSSR count). The molecule has 0 aromatic carbocycles. The zero-order valence-corrected chi connectivity index (χ0v) is 14.6. The summed E-state index contributed by atoms with van der Waals surface area (Å²) in [5.41, 5.74) is 0. The van der Waals surface area contributed by atoms with Crippen LogP contribution in [-0.4, -0.2) is 47.3 Å². The number of aliphatic imine (C=N–C) groups is 1. The first-order valence-electron chi connectivity index (χ1n) is 7.88. The molecule has 6 nitrogen and oxygen atoms in total. The lowest BCUT2D eigenvalue weighted by atomic mass is 10.1. The zero-order valence-electron chi connectivity index (χ0n) is 13.7. The number of hydrogen-bond donors (Lipinski definition) is 3. The molecule has 0 saturated carbocycles. The highest BCUT2D eigenvalue weighted by Crippen LogP contribution is 2.06. The second kappa shape index (κ2) is 12.9. The Kier molecular flexibility index (Phi) is 12.4. The van der Waals surface area contributed by atoms with Crippen molar-refractivity contribution in [3.8, 4) is 0 Å². The number of nitrogens with zero attached hydrogens (tertiary/aromatic N) is 1. The van der Waals surface area contributed by atoms with Crippen molar-refractivity contribution in [2.24, 2.45) is 4.99 Å². The molecular formula is C14H32N4O2S. The summed E-state index contributed by atoms with van der Waals surface area (Å²) in [5, 5.41) is 6.30. The van der Waals surface area contributed by atoms with E-state index in [-0.39, 0.29) is 0 Å². The van der Waals surface area contributed by atoms with E-state index in [1.165, 1.54) is 38.5 Å². The minimum atomic E-state index is -3.11. The Labute approximate surface area is 130 Å². The molecule has 0 amide bonds. The van der Waals surface area contributed by atoms with Gasteiger partial charge in [0.2, 0.25) is 10.0 Å². The summed E-state index contributed by atoms with van der Waals surface area (Å²) in [6.45, 7) is 4.00. The van der Waals surface area contributed by atoms with Gasteiger partial charge in [0.15, 0.2) is 5.96 Å². The van der Waals surface area contributed by atoms with Crippen molar-refractivity contribution >= 4 is 16.0 Å². The average molecular weight is 321 g/mol. The summed E-state index contributed by atoms with van der Waals surface area (Å²) in [6.07, 6.45) is 10.1. The van der Waals surface area contributed by atoms with E-state index < -0.39 is 10.0 Å². The van der Waals surface area contributed by atoms with Gasteiger partial charge in [-0.15, -0.1) is 0 Å². The molecule has 0 bridgehead atoms. The smallest absolute Gasteiger partial charge is 0.208 e. The minimum absolute atomic E-state index is 0.358. The molecule has 0 atom stereocenters. The highest BCUT2D eigenvalue weighted by molar-refractivity contribution is 7.88. The second-order valence-corrected chi connectivity index (χ2v) is 7.05. The third-order valence-corrected chi connectivity index (χ3v) is 3.81. The van der Waals surface area contributed by atoms with E-state index in [9.17, 15) is 8.42 Å². The Bertz CT molecular complexity index is 369. The lowest BCUT2D eigenvalue weighted by Crippen LogP contribution is -2.41. The van der Waals surface area contributed by atoms with Crippen LogP contribution in [0.15, 0.2) is 4.99 Å². The molecule has 0 saturated heterocycles. The number of hydrogen-bond acceptors (Lipinski definition) is 3. The minimum Gasteiger partial charge on any atom is -0.356 e. The third-order valence-electron chi connectivity index (χ3n) is 3.08. The Morgan fingerprint density at radius 1 is 0.905 bits per heavy atom.